The van der Waals surface area contributed by atoms with Crippen molar-refractivity contribution >= 4 is 17.4 Å². The molecular formula is C15H20ClFN2. The van der Waals surface area contributed by atoms with Crippen molar-refractivity contribution in [3.8, 4) is 0 Å². The third-order valence-corrected chi connectivity index (χ3v) is 4.97. The van der Waals surface area contributed by atoms with E-state index in [-0.39, 0.29) is 11.7 Å². The first kappa shape index (κ1) is 13.2. The summed E-state index contributed by atoms with van der Waals surface area (Å²) in [5, 5.41) is 0. The molecule has 1 aromatic rings. The minimum atomic E-state index is -0.230. The lowest BCUT2D eigenvalue weighted by Crippen LogP contribution is -2.42. The molecule has 0 amide bonds. The highest BCUT2D eigenvalue weighted by Gasteiger charge is 2.32. The lowest BCUT2D eigenvalue weighted by molar-refractivity contribution is 0.201. The van der Waals surface area contributed by atoms with Gasteiger partial charge in [0, 0.05) is 24.8 Å². The molecule has 104 valence electrons. The molecule has 0 N–H and O–H groups in total. The third kappa shape index (κ3) is 2.58. The Morgan fingerprint density at radius 3 is 2.84 bits per heavy atom. The van der Waals surface area contributed by atoms with Gasteiger partial charge in [-0.25, -0.2) is 9.37 Å². The van der Waals surface area contributed by atoms with Crippen molar-refractivity contribution in [1.29, 1.82) is 0 Å². The maximum absolute atomic E-state index is 14.3. The van der Waals surface area contributed by atoms with Crippen molar-refractivity contribution < 1.29 is 4.39 Å². The number of halogens is 2. The van der Waals surface area contributed by atoms with Crippen molar-refractivity contribution in [3.05, 3.63) is 23.6 Å². The summed E-state index contributed by atoms with van der Waals surface area (Å²) in [6.45, 7) is 1.89. The molecule has 0 bridgehead atoms. The van der Waals surface area contributed by atoms with Crippen molar-refractivity contribution in [3.63, 3.8) is 0 Å². The molecule has 2 atom stereocenters. The number of anilines is 1. The van der Waals surface area contributed by atoms with Crippen LogP contribution in [0.5, 0.6) is 0 Å². The van der Waals surface area contributed by atoms with E-state index >= 15 is 0 Å². The lowest BCUT2D eigenvalue weighted by atomic mass is 9.75. The summed E-state index contributed by atoms with van der Waals surface area (Å²) in [6.07, 6.45) is 8.19. The smallest absolute Gasteiger partial charge is 0.170 e. The minimum absolute atomic E-state index is 0.210. The van der Waals surface area contributed by atoms with E-state index in [0.29, 0.717) is 11.4 Å². The van der Waals surface area contributed by atoms with Crippen LogP contribution in [0.1, 0.15) is 37.7 Å². The van der Waals surface area contributed by atoms with E-state index in [1.165, 1.54) is 32.1 Å². The van der Waals surface area contributed by atoms with E-state index in [1.54, 1.807) is 12.3 Å². The molecule has 0 spiro atoms. The van der Waals surface area contributed by atoms with Crippen molar-refractivity contribution in [2.24, 2.45) is 11.8 Å². The number of rotatable bonds is 2. The second kappa shape index (κ2) is 5.66. The molecule has 2 aliphatic rings. The van der Waals surface area contributed by atoms with Gasteiger partial charge in [0.2, 0.25) is 0 Å². The van der Waals surface area contributed by atoms with E-state index in [0.717, 1.165) is 24.9 Å². The second-order valence-electron chi connectivity index (χ2n) is 5.78. The highest BCUT2D eigenvalue weighted by atomic mass is 35.5. The van der Waals surface area contributed by atoms with Gasteiger partial charge in [-0.15, -0.1) is 11.6 Å². The van der Waals surface area contributed by atoms with Crippen molar-refractivity contribution in [1.82, 2.24) is 4.98 Å². The SMILES string of the molecule is Fc1c(CCl)ccnc1N1CCC2CCCCC2C1. The largest absolute Gasteiger partial charge is 0.354 e. The summed E-state index contributed by atoms with van der Waals surface area (Å²) in [4.78, 5) is 6.36. The Morgan fingerprint density at radius 2 is 2.05 bits per heavy atom. The van der Waals surface area contributed by atoms with Crippen LogP contribution < -0.4 is 4.90 Å². The number of piperidine rings is 1. The van der Waals surface area contributed by atoms with Gasteiger partial charge < -0.3 is 4.90 Å². The predicted octanol–water partition coefficient (Wildman–Crippen LogP) is 3.98. The average Bonchev–Trinajstić information content (AvgIpc) is 2.47. The molecule has 2 fully saturated rings. The first-order valence-electron chi connectivity index (χ1n) is 7.24. The quantitative estimate of drug-likeness (QED) is 0.763. The van der Waals surface area contributed by atoms with Gasteiger partial charge in [0.15, 0.2) is 11.6 Å². The van der Waals surface area contributed by atoms with Crippen molar-refractivity contribution in [2.45, 2.75) is 38.0 Å². The molecule has 2 heterocycles. The van der Waals surface area contributed by atoms with E-state index in [4.69, 9.17) is 11.6 Å². The Labute approximate surface area is 119 Å². The summed E-state index contributed by atoms with van der Waals surface area (Å²) in [6, 6.07) is 1.67. The molecule has 1 aliphatic heterocycles. The maximum Gasteiger partial charge on any atom is 0.170 e. The second-order valence-corrected chi connectivity index (χ2v) is 6.05. The number of hydrogen-bond acceptors (Lipinski definition) is 2. The number of alkyl halides is 1. The van der Waals surface area contributed by atoms with Crippen molar-refractivity contribution in [2.75, 3.05) is 18.0 Å². The summed E-state index contributed by atoms with van der Waals surface area (Å²) >= 11 is 5.77. The van der Waals surface area contributed by atoms with Crippen LogP contribution in [0.3, 0.4) is 0 Å². The first-order chi connectivity index (χ1) is 9.29. The summed E-state index contributed by atoms with van der Waals surface area (Å²) in [5.74, 6) is 2.06. The number of pyridine rings is 1. The first-order valence-corrected chi connectivity index (χ1v) is 7.77. The number of hydrogen-bond donors (Lipinski definition) is 0. The normalized spacial score (nSPS) is 27.2. The van der Waals surface area contributed by atoms with Gasteiger partial charge in [0.05, 0.1) is 5.88 Å². The summed E-state index contributed by atoms with van der Waals surface area (Å²) in [7, 11) is 0. The fourth-order valence-corrected chi connectivity index (χ4v) is 3.79. The minimum Gasteiger partial charge on any atom is -0.354 e. The molecule has 19 heavy (non-hydrogen) atoms. The Morgan fingerprint density at radius 1 is 1.26 bits per heavy atom. The highest BCUT2D eigenvalue weighted by molar-refractivity contribution is 6.17. The van der Waals surface area contributed by atoms with Gasteiger partial charge in [0.1, 0.15) is 0 Å². The molecule has 1 aromatic heterocycles. The van der Waals surface area contributed by atoms with E-state index in [9.17, 15) is 4.39 Å². The van der Waals surface area contributed by atoms with Crippen LogP contribution in [0.2, 0.25) is 0 Å². The zero-order valence-electron chi connectivity index (χ0n) is 11.1. The molecule has 1 saturated heterocycles. The van der Waals surface area contributed by atoms with E-state index in [1.807, 2.05) is 0 Å². The van der Waals surface area contributed by atoms with Crippen LogP contribution >= 0.6 is 11.6 Å². The predicted molar refractivity (Wildman–Crippen MR) is 76.0 cm³/mol. The van der Waals surface area contributed by atoms with Crippen LogP contribution in [0.25, 0.3) is 0 Å². The van der Waals surface area contributed by atoms with E-state index < -0.39 is 0 Å². The molecule has 2 nitrogen and oxygen atoms in total. The number of nitrogens with zero attached hydrogens (tertiary/aromatic N) is 2. The molecule has 1 aliphatic carbocycles. The Hall–Kier alpha value is -0.830. The van der Waals surface area contributed by atoms with Crippen LogP contribution in [-0.4, -0.2) is 18.1 Å². The Bertz CT molecular complexity index is 452. The molecule has 2 unspecified atom stereocenters. The third-order valence-electron chi connectivity index (χ3n) is 4.69. The van der Waals surface area contributed by atoms with Crippen LogP contribution in [0.4, 0.5) is 10.2 Å². The van der Waals surface area contributed by atoms with Gasteiger partial charge >= 0.3 is 0 Å². The molecule has 0 aromatic carbocycles. The summed E-state index contributed by atoms with van der Waals surface area (Å²) < 4.78 is 14.3. The maximum atomic E-state index is 14.3. The zero-order chi connectivity index (χ0) is 13.2. The molecule has 0 radical (unpaired) electrons. The lowest BCUT2D eigenvalue weighted by Gasteiger charge is -2.41. The van der Waals surface area contributed by atoms with Gasteiger partial charge in [-0.05, 0) is 30.7 Å². The van der Waals surface area contributed by atoms with Gasteiger partial charge in [-0.1, -0.05) is 19.3 Å². The Balaban J connectivity index is 1.79. The molecule has 3 rings (SSSR count). The molecule has 4 heteroatoms. The van der Waals surface area contributed by atoms with Crippen LogP contribution in [0.15, 0.2) is 12.3 Å². The summed E-state index contributed by atoms with van der Waals surface area (Å²) in [5.41, 5.74) is 0.553. The molecular weight excluding hydrogens is 263 g/mol. The monoisotopic (exact) mass is 282 g/mol. The Kier molecular flexibility index (Phi) is 3.92. The number of fused-ring (bicyclic) bond motifs is 1. The average molecular weight is 283 g/mol. The topological polar surface area (TPSA) is 16.1 Å². The number of aromatic nitrogens is 1. The van der Waals surface area contributed by atoms with Crippen LogP contribution in [-0.2, 0) is 5.88 Å². The van der Waals surface area contributed by atoms with Gasteiger partial charge in [-0.2, -0.15) is 0 Å². The van der Waals surface area contributed by atoms with Crippen LogP contribution in [0, 0.1) is 17.7 Å². The highest BCUT2D eigenvalue weighted by Crippen LogP contribution is 2.37. The van der Waals surface area contributed by atoms with Gasteiger partial charge in [-0.3, -0.25) is 0 Å². The standard InChI is InChI=1S/C15H20ClFN2/c16-9-12-5-7-18-15(14(12)17)19-8-6-11-3-1-2-4-13(11)10-19/h5,7,11,13H,1-4,6,8-10H2. The zero-order valence-corrected chi connectivity index (χ0v) is 11.9. The van der Waals surface area contributed by atoms with Gasteiger partial charge in [0.25, 0.3) is 0 Å². The fourth-order valence-electron chi connectivity index (χ4n) is 3.59. The fraction of sp³-hybridized carbons (Fsp3) is 0.667. The van der Waals surface area contributed by atoms with E-state index in [2.05, 4.69) is 9.88 Å². The molecule has 1 saturated carbocycles.